The van der Waals surface area contributed by atoms with E-state index < -0.39 is 0 Å². The van der Waals surface area contributed by atoms with Crippen LogP contribution in [0, 0.1) is 5.82 Å². The summed E-state index contributed by atoms with van der Waals surface area (Å²) >= 11 is 0. The first-order valence-corrected chi connectivity index (χ1v) is 12.2. The van der Waals surface area contributed by atoms with Crippen molar-refractivity contribution in [1.29, 1.82) is 0 Å². The van der Waals surface area contributed by atoms with Crippen LogP contribution in [0.1, 0.15) is 37.7 Å². The van der Waals surface area contributed by atoms with E-state index in [1.807, 2.05) is 0 Å². The maximum absolute atomic E-state index is 13.9. The van der Waals surface area contributed by atoms with Crippen LogP contribution in [-0.2, 0) is 11.3 Å². The quantitative estimate of drug-likeness (QED) is 0.515. The number of ether oxygens (including phenoxy) is 3. The van der Waals surface area contributed by atoms with Gasteiger partial charge >= 0.3 is 0 Å². The molecule has 0 unspecified atom stereocenters. The number of hydrogen-bond donors (Lipinski definition) is 0. The van der Waals surface area contributed by atoms with Gasteiger partial charge in [-0.15, -0.1) is 0 Å². The van der Waals surface area contributed by atoms with Crippen LogP contribution >= 0.6 is 0 Å². The molecule has 4 rings (SSSR count). The summed E-state index contributed by atoms with van der Waals surface area (Å²) in [6, 6.07) is 15.1. The van der Waals surface area contributed by atoms with Gasteiger partial charge in [0.25, 0.3) is 0 Å². The molecule has 0 saturated carbocycles. The molecule has 0 amide bonds. The van der Waals surface area contributed by atoms with Gasteiger partial charge in [0.05, 0.1) is 0 Å². The lowest BCUT2D eigenvalue weighted by Gasteiger charge is -2.31. The molecular weight excluding hydrogens is 419 g/mol. The number of halogens is 1. The summed E-state index contributed by atoms with van der Waals surface area (Å²) in [5, 5.41) is 0. The lowest BCUT2D eigenvalue weighted by molar-refractivity contribution is -0.0548. The minimum Gasteiger partial charge on any atom is -0.492 e. The van der Waals surface area contributed by atoms with Gasteiger partial charge in [-0.1, -0.05) is 24.3 Å². The molecule has 1 atom stereocenters. The fourth-order valence-electron chi connectivity index (χ4n) is 4.81. The third-order valence-corrected chi connectivity index (χ3v) is 6.96. The molecule has 2 saturated heterocycles. The van der Waals surface area contributed by atoms with Crippen LogP contribution in [0.5, 0.6) is 11.5 Å². The molecule has 2 heterocycles. The Bertz CT molecular complexity index is 857. The highest BCUT2D eigenvalue weighted by Crippen LogP contribution is 2.29. The fourth-order valence-corrected chi connectivity index (χ4v) is 4.81. The average Bonchev–Trinajstić information content (AvgIpc) is 3.27. The van der Waals surface area contributed by atoms with Gasteiger partial charge in [-0.3, -0.25) is 9.80 Å². The third-order valence-electron chi connectivity index (χ3n) is 6.96. The van der Waals surface area contributed by atoms with Gasteiger partial charge in [-0.25, -0.2) is 4.39 Å². The minimum atomic E-state index is -0.385. The lowest BCUT2D eigenvalue weighted by atomic mass is 9.95. The standard InChI is InChI=1S/C27H37FN2O3/c1-31-27(22-33-26-8-3-2-7-25(26)28)13-6-17-30(18-14-27)21-23-9-11-24(12-10-23)32-20-19-29-15-4-5-16-29/h2-3,7-12H,4-6,13-22H2,1H3/t27-/m0/s1. The van der Waals surface area contributed by atoms with Crippen LogP contribution in [0.25, 0.3) is 0 Å². The van der Waals surface area contributed by atoms with E-state index in [9.17, 15) is 4.39 Å². The first-order valence-electron chi connectivity index (χ1n) is 12.2. The van der Waals surface area contributed by atoms with Crippen molar-refractivity contribution in [3.63, 3.8) is 0 Å². The Balaban J connectivity index is 1.24. The molecule has 6 heteroatoms. The number of likely N-dealkylation sites (tertiary alicyclic amines) is 2. The summed E-state index contributed by atoms with van der Waals surface area (Å²) in [5.41, 5.74) is 0.902. The Kier molecular flexibility index (Phi) is 8.59. The van der Waals surface area contributed by atoms with E-state index in [1.165, 1.54) is 37.6 Å². The smallest absolute Gasteiger partial charge is 0.165 e. The van der Waals surface area contributed by atoms with E-state index in [0.29, 0.717) is 6.61 Å². The van der Waals surface area contributed by atoms with Crippen molar-refractivity contribution in [3.8, 4) is 11.5 Å². The molecule has 0 aliphatic carbocycles. The first-order chi connectivity index (χ1) is 16.2. The lowest BCUT2D eigenvalue weighted by Crippen LogP contribution is -2.39. The van der Waals surface area contributed by atoms with Gasteiger partial charge in [0.2, 0.25) is 0 Å². The van der Waals surface area contributed by atoms with Gasteiger partial charge in [0.15, 0.2) is 11.6 Å². The van der Waals surface area contributed by atoms with Gasteiger partial charge < -0.3 is 14.2 Å². The summed E-state index contributed by atoms with van der Waals surface area (Å²) in [5.74, 6) is 0.901. The van der Waals surface area contributed by atoms with E-state index in [2.05, 4.69) is 34.1 Å². The number of rotatable bonds is 10. The molecule has 2 aromatic rings. The molecular formula is C27H37FN2O3. The Morgan fingerprint density at radius 2 is 1.61 bits per heavy atom. The molecule has 2 aliphatic heterocycles. The molecule has 33 heavy (non-hydrogen) atoms. The maximum Gasteiger partial charge on any atom is 0.165 e. The molecule has 0 aromatic heterocycles. The predicted octanol–water partition coefficient (Wildman–Crippen LogP) is 4.75. The summed E-state index contributed by atoms with van der Waals surface area (Å²) in [6.07, 6.45) is 5.41. The monoisotopic (exact) mass is 456 g/mol. The number of hydrogen-bond acceptors (Lipinski definition) is 5. The van der Waals surface area contributed by atoms with E-state index in [0.717, 1.165) is 57.8 Å². The van der Waals surface area contributed by atoms with Crippen LogP contribution in [0.4, 0.5) is 4.39 Å². The van der Waals surface area contributed by atoms with E-state index in [1.54, 1.807) is 25.3 Å². The largest absolute Gasteiger partial charge is 0.492 e. The molecule has 180 valence electrons. The molecule has 0 N–H and O–H groups in total. The minimum absolute atomic E-state index is 0.290. The second-order valence-electron chi connectivity index (χ2n) is 9.28. The van der Waals surface area contributed by atoms with Gasteiger partial charge in [0.1, 0.15) is 24.6 Å². The number of methoxy groups -OCH3 is 1. The molecule has 2 fully saturated rings. The molecule has 0 radical (unpaired) electrons. The average molecular weight is 457 g/mol. The van der Waals surface area contributed by atoms with Crippen LogP contribution in [0.3, 0.4) is 0 Å². The van der Waals surface area contributed by atoms with Crippen LogP contribution in [-0.4, -0.2) is 68.4 Å². The second kappa shape index (κ2) is 11.8. The Morgan fingerprint density at radius 3 is 2.36 bits per heavy atom. The Morgan fingerprint density at radius 1 is 0.848 bits per heavy atom. The topological polar surface area (TPSA) is 34.2 Å². The predicted molar refractivity (Wildman–Crippen MR) is 128 cm³/mol. The Labute approximate surface area is 197 Å². The zero-order valence-electron chi connectivity index (χ0n) is 19.8. The van der Waals surface area contributed by atoms with Gasteiger partial charge in [-0.05, 0) is 81.6 Å². The molecule has 0 spiro atoms. The molecule has 0 bridgehead atoms. The van der Waals surface area contributed by atoms with E-state index in [4.69, 9.17) is 14.2 Å². The van der Waals surface area contributed by atoms with E-state index >= 15 is 0 Å². The second-order valence-corrected chi connectivity index (χ2v) is 9.28. The summed E-state index contributed by atoms with van der Waals surface area (Å²) in [7, 11) is 1.74. The van der Waals surface area contributed by atoms with Crippen LogP contribution in [0.2, 0.25) is 0 Å². The fraction of sp³-hybridized carbons (Fsp3) is 0.556. The summed E-state index contributed by atoms with van der Waals surface area (Å²) in [6.45, 7) is 7.37. The molecule has 2 aliphatic rings. The SMILES string of the molecule is CO[C@@]1(COc2ccccc2F)CCCN(Cc2ccc(OCCN3CCCC3)cc2)CC1. The zero-order valence-corrected chi connectivity index (χ0v) is 19.8. The third kappa shape index (κ3) is 6.92. The van der Waals surface area contributed by atoms with Crippen molar-refractivity contribution in [2.24, 2.45) is 0 Å². The number of nitrogens with zero attached hydrogens (tertiary/aromatic N) is 2. The van der Waals surface area contributed by atoms with Crippen molar-refractivity contribution in [3.05, 3.63) is 59.9 Å². The highest BCUT2D eigenvalue weighted by atomic mass is 19.1. The van der Waals surface area contributed by atoms with Crippen LogP contribution in [0.15, 0.2) is 48.5 Å². The molecule has 2 aromatic carbocycles. The number of benzene rings is 2. The first kappa shape index (κ1) is 24.0. The summed E-state index contributed by atoms with van der Waals surface area (Å²) < 4.78 is 31.6. The molecule has 5 nitrogen and oxygen atoms in total. The zero-order chi connectivity index (χ0) is 22.9. The number of para-hydroxylation sites is 1. The highest BCUT2D eigenvalue weighted by Gasteiger charge is 2.34. The normalized spacial score (nSPS) is 22.2. The van der Waals surface area contributed by atoms with Crippen molar-refractivity contribution in [2.45, 2.75) is 44.2 Å². The van der Waals surface area contributed by atoms with Gasteiger partial charge in [0, 0.05) is 26.7 Å². The van der Waals surface area contributed by atoms with Gasteiger partial charge in [-0.2, -0.15) is 0 Å². The van der Waals surface area contributed by atoms with Crippen molar-refractivity contribution < 1.29 is 18.6 Å². The maximum atomic E-state index is 13.9. The van der Waals surface area contributed by atoms with Crippen molar-refractivity contribution >= 4 is 0 Å². The van der Waals surface area contributed by atoms with Crippen LogP contribution < -0.4 is 9.47 Å². The highest BCUT2D eigenvalue weighted by molar-refractivity contribution is 5.27. The Hall–Kier alpha value is -2.15. The van der Waals surface area contributed by atoms with Crippen molar-refractivity contribution in [1.82, 2.24) is 9.80 Å². The van der Waals surface area contributed by atoms with Crippen molar-refractivity contribution in [2.75, 3.05) is 53.0 Å². The van der Waals surface area contributed by atoms with E-state index in [-0.39, 0.29) is 17.2 Å². The summed E-state index contributed by atoms with van der Waals surface area (Å²) in [4.78, 5) is 4.93.